The van der Waals surface area contributed by atoms with Gasteiger partial charge in [-0.05, 0) is 26.7 Å². The molecule has 0 heterocycles. The zero-order chi connectivity index (χ0) is 11.4. The Bertz CT molecular complexity index is 187. The summed E-state index contributed by atoms with van der Waals surface area (Å²) in [4.78, 5) is 11.5. The summed E-state index contributed by atoms with van der Waals surface area (Å²) in [5, 5.41) is 0. The van der Waals surface area contributed by atoms with Crippen molar-refractivity contribution >= 4 is 5.97 Å². The number of carbonyl (C=O) groups is 1. The standard InChI is InChI=1S/C10H18F2O2/c1-5-10(6-2,8(11)12)9(13)14-7(3)4/h7-8H,5-6H2,1-4H3. The molecule has 0 aliphatic carbocycles. The summed E-state index contributed by atoms with van der Waals surface area (Å²) in [6, 6.07) is 0. The van der Waals surface area contributed by atoms with Gasteiger partial charge in [-0.25, -0.2) is 8.78 Å². The van der Waals surface area contributed by atoms with Crippen LogP contribution in [0.4, 0.5) is 8.78 Å². The first-order chi connectivity index (χ1) is 6.40. The number of rotatable bonds is 5. The number of ether oxygens (including phenoxy) is 1. The number of hydrogen-bond donors (Lipinski definition) is 0. The predicted molar refractivity (Wildman–Crippen MR) is 50.2 cm³/mol. The van der Waals surface area contributed by atoms with Crippen molar-refractivity contribution in [2.45, 2.75) is 53.1 Å². The van der Waals surface area contributed by atoms with E-state index in [0.717, 1.165) is 0 Å². The van der Waals surface area contributed by atoms with Crippen molar-refractivity contribution in [3.8, 4) is 0 Å². The van der Waals surface area contributed by atoms with Crippen LogP contribution in [0.1, 0.15) is 40.5 Å². The summed E-state index contributed by atoms with van der Waals surface area (Å²) < 4.78 is 30.4. The molecule has 0 saturated carbocycles. The molecular weight excluding hydrogens is 190 g/mol. The minimum atomic E-state index is -2.66. The molecule has 0 N–H and O–H groups in total. The van der Waals surface area contributed by atoms with Gasteiger partial charge in [-0.1, -0.05) is 13.8 Å². The third-order valence-corrected chi connectivity index (χ3v) is 2.43. The van der Waals surface area contributed by atoms with Gasteiger partial charge in [-0.2, -0.15) is 0 Å². The van der Waals surface area contributed by atoms with Crippen molar-refractivity contribution in [2.75, 3.05) is 0 Å². The average Bonchev–Trinajstić information content (AvgIpc) is 2.05. The molecule has 0 amide bonds. The van der Waals surface area contributed by atoms with E-state index in [9.17, 15) is 13.6 Å². The summed E-state index contributed by atoms with van der Waals surface area (Å²) in [5.41, 5.74) is -1.62. The molecule has 0 aliphatic heterocycles. The lowest BCUT2D eigenvalue weighted by Gasteiger charge is -2.28. The van der Waals surface area contributed by atoms with Gasteiger partial charge in [0.2, 0.25) is 0 Å². The molecule has 0 fully saturated rings. The second kappa shape index (κ2) is 5.27. The van der Waals surface area contributed by atoms with Crippen LogP contribution in [0.3, 0.4) is 0 Å². The normalized spacial score (nSPS) is 12.3. The summed E-state index contributed by atoms with van der Waals surface area (Å²) in [6.45, 7) is 6.47. The highest BCUT2D eigenvalue weighted by molar-refractivity contribution is 5.77. The zero-order valence-electron chi connectivity index (χ0n) is 9.14. The maximum absolute atomic E-state index is 12.8. The molecule has 2 nitrogen and oxygen atoms in total. The van der Waals surface area contributed by atoms with Crippen LogP contribution in [0.15, 0.2) is 0 Å². The van der Waals surface area contributed by atoms with Crippen LogP contribution in [-0.2, 0) is 9.53 Å². The fourth-order valence-corrected chi connectivity index (χ4v) is 1.27. The molecule has 0 aromatic rings. The third-order valence-electron chi connectivity index (χ3n) is 2.43. The number of hydrogen-bond acceptors (Lipinski definition) is 2. The van der Waals surface area contributed by atoms with Crippen LogP contribution in [0.25, 0.3) is 0 Å². The molecule has 0 aromatic carbocycles. The van der Waals surface area contributed by atoms with Gasteiger partial charge < -0.3 is 4.74 Å². The van der Waals surface area contributed by atoms with Gasteiger partial charge in [0.1, 0.15) is 5.41 Å². The minimum absolute atomic E-state index is 0.104. The Labute approximate surface area is 83.6 Å². The smallest absolute Gasteiger partial charge is 0.318 e. The lowest BCUT2D eigenvalue weighted by Crippen LogP contribution is -2.39. The first-order valence-electron chi connectivity index (χ1n) is 4.90. The molecule has 0 radical (unpaired) electrons. The Morgan fingerprint density at radius 3 is 1.93 bits per heavy atom. The quantitative estimate of drug-likeness (QED) is 0.649. The Kier molecular flexibility index (Phi) is 5.02. The van der Waals surface area contributed by atoms with Crippen LogP contribution in [0.2, 0.25) is 0 Å². The van der Waals surface area contributed by atoms with Gasteiger partial charge >= 0.3 is 5.97 Å². The maximum atomic E-state index is 12.8. The fraction of sp³-hybridized carbons (Fsp3) is 0.900. The van der Waals surface area contributed by atoms with Crippen molar-refractivity contribution in [3.63, 3.8) is 0 Å². The average molecular weight is 208 g/mol. The third kappa shape index (κ3) is 2.66. The first kappa shape index (κ1) is 13.3. The van der Waals surface area contributed by atoms with Crippen molar-refractivity contribution < 1.29 is 18.3 Å². The van der Waals surface area contributed by atoms with Gasteiger partial charge in [0, 0.05) is 0 Å². The highest BCUT2D eigenvalue weighted by Gasteiger charge is 2.45. The number of halogens is 2. The van der Waals surface area contributed by atoms with E-state index in [0.29, 0.717) is 0 Å². The minimum Gasteiger partial charge on any atom is -0.462 e. The lowest BCUT2D eigenvalue weighted by atomic mass is 9.83. The number of esters is 1. The van der Waals surface area contributed by atoms with Gasteiger partial charge in [0.25, 0.3) is 6.43 Å². The van der Waals surface area contributed by atoms with Crippen LogP contribution in [0.5, 0.6) is 0 Å². The summed E-state index contributed by atoms with van der Waals surface area (Å²) in [7, 11) is 0. The largest absolute Gasteiger partial charge is 0.462 e. The Balaban J connectivity index is 4.71. The van der Waals surface area contributed by atoms with E-state index in [1.165, 1.54) is 0 Å². The van der Waals surface area contributed by atoms with Crippen LogP contribution in [0, 0.1) is 5.41 Å². The zero-order valence-corrected chi connectivity index (χ0v) is 9.14. The Morgan fingerprint density at radius 1 is 1.29 bits per heavy atom. The highest BCUT2D eigenvalue weighted by Crippen LogP contribution is 2.35. The molecule has 0 spiro atoms. The van der Waals surface area contributed by atoms with Crippen molar-refractivity contribution in [2.24, 2.45) is 5.41 Å². The van der Waals surface area contributed by atoms with E-state index >= 15 is 0 Å². The van der Waals surface area contributed by atoms with Gasteiger partial charge in [-0.3, -0.25) is 4.79 Å². The SMILES string of the molecule is CCC(CC)(C(=O)OC(C)C)C(F)F. The van der Waals surface area contributed by atoms with Crippen LogP contribution < -0.4 is 0 Å². The second-order valence-electron chi connectivity index (χ2n) is 3.62. The van der Waals surface area contributed by atoms with Gasteiger partial charge in [0.05, 0.1) is 6.10 Å². The molecule has 0 aromatic heterocycles. The number of carbonyl (C=O) groups excluding carboxylic acids is 1. The summed E-state index contributed by atoms with van der Waals surface area (Å²) >= 11 is 0. The molecule has 14 heavy (non-hydrogen) atoms. The molecular formula is C10H18F2O2. The van der Waals surface area contributed by atoms with E-state index in [-0.39, 0.29) is 18.9 Å². The molecule has 0 unspecified atom stereocenters. The van der Waals surface area contributed by atoms with Crippen molar-refractivity contribution in [1.29, 1.82) is 0 Å². The molecule has 84 valence electrons. The molecule has 0 saturated heterocycles. The predicted octanol–water partition coefficient (Wildman–Crippen LogP) is 3.01. The van der Waals surface area contributed by atoms with Gasteiger partial charge in [-0.15, -0.1) is 0 Å². The molecule has 0 atom stereocenters. The highest BCUT2D eigenvalue weighted by atomic mass is 19.3. The van der Waals surface area contributed by atoms with Crippen LogP contribution in [-0.4, -0.2) is 18.5 Å². The monoisotopic (exact) mass is 208 g/mol. The topological polar surface area (TPSA) is 26.3 Å². The number of alkyl halides is 2. The first-order valence-corrected chi connectivity index (χ1v) is 4.90. The maximum Gasteiger partial charge on any atom is 0.318 e. The van der Waals surface area contributed by atoms with Crippen LogP contribution >= 0.6 is 0 Å². The van der Waals surface area contributed by atoms with Crippen molar-refractivity contribution in [3.05, 3.63) is 0 Å². The molecule has 4 heteroatoms. The van der Waals surface area contributed by atoms with Gasteiger partial charge in [0.15, 0.2) is 0 Å². The van der Waals surface area contributed by atoms with E-state index in [4.69, 9.17) is 4.74 Å². The van der Waals surface area contributed by atoms with E-state index in [1.54, 1.807) is 27.7 Å². The second-order valence-corrected chi connectivity index (χ2v) is 3.62. The molecule has 0 rings (SSSR count). The lowest BCUT2D eigenvalue weighted by molar-refractivity contribution is -0.171. The fourth-order valence-electron chi connectivity index (χ4n) is 1.27. The Morgan fingerprint density at radius 2 is 1.71 bits per heavy atom. The van der Waals surface area contributed by atoms with E-state index in [2.05, 4.69) is 0 Å². The summed E-state index contributed by atoms with van der Waals surface area (Å²) in [5.74, 6) is -0.785. The van der Waals surface area contributed by atoms with Crippen molar-refractivity contribution in [1.82, 2.24) is 0 Å². The van der Waals surface area contributed by atoms with E-state index in [1.807, 2.05) is 0 Å². The molecule has 0 aliphatic rings. The molecule has 0 bridgehead atoms. The Hall–Kier alpha value is -0.670. The van der Waals surface area contributed by atoms with E-state index < -0.39 is 17.8 Å². The summed E-state index contributed by atoms with van der Waals surface area (Å²) in [6.07, 6.45) is -2.80.